The first kappa shape index (κ1) is 17.6. The Balaban J connectivity index is 1.84. The predicted octanol–water partition coefficient (Wildman–Crippen LogP) is 4.04. The van der Waals surface area contributed by atoms with E-state index < -0.39 is 0 Å². The summed E-state index contributed by atoms with van der Waals surface area (Å²) in [4.78, 5) is 16.2. The molecule has 0 spiro atoms. The fourth-order valence-corrected chi connectivity index (χ4v) is 3.72. The van der Waals surface area contributed by atoms with Crippen molar-refractivity contribution in [3.8, 4) is 0 Å². The fraction of sp³-hybridized carbons (Fsp3) is 0.381. The highest BCUT2D eigenvalue weighted by Gasteiger charge is 2.29. The molecule has 1 amide bonds. The Hall–Kier alpha value is -2.20. The van der Waals surface area contributed by atoms with Gasteiger partial charge in [0.25, 0.3) is 5.91 Å². The molecule has 2 aromatic rings. The van der Waals surface area contributed by atoms with Crippen molar-refractivity contribution in [1.29, 1.82) is 0 Å². The average Bonchev–Trinajstić information content (AvgIpc) is 2.57. The van der Waals surface area contributed by atoms with Gasteiger partial charge in [0.2, 0.25) is 0 Å². The van der Waals surface area contributed by atoms with Gasteiger partial charge < -0.3 is 4.90 Å². The van der Waals surface area contributed by atoms with E-state index in [1.807, 2.05) is 24.3 Å². The highest BCUT2D eigenvalue weighted by atomic mass is 19.1. The molecular weight excluding hydrogens is 315 g/mol. The Morgan fingerprint density at radius 2 is 1.96 bits per heavy atom. The lowest BCUT2D eigenvalue weighted by molar-refractivity contribution is 0.0827. The number of carbonyl (C=O) groups is 1. The van der Waals surface area contributed by atoms with Gasteiger partial charge in [0.1, 0.15) is 5.82 Å². The van der Waals surface area contributed by atoms with E-state index in [0.717, 1.165) is 24.1 Å². The lowest BCUT2D eigenvalue weighted by atomic mass is 9.89. The number of benzene rings is 2. The zero-order chi connectivity index (χ0) is 18.1. The highest BCUT2D eigenvalue weighted by molar-refractivity contribution is 5.94. The van der Waals surface area contributed by atoms with Gasteiger partial charge >= 0.3 is 0 Å². The number of rotatable bonds is 3. The van der Waals surface area contributed by atoms with Crippen molar-refractivity contribution in [2.75, 3.05) is 14.1 Å². The number of halogens is 1. The Morgan fingerprint density at radius 1 is 1.20 bits per heavy atom. The van der Waals surface area contributed by atoms with E-state index in [4.69, 9.17) is 0 Å². The standard InChI is InChI=1S/C21H25FN2O/c1-14-10-18-12-19(22)8-9-20(18)15(2)24(14)13-16-6-5-7-17(11-16)21(25)23(3)4/h5-9,11-12,14-15H,10,13H2,1-4H3. The predicted molar refractivity (Wildman–Crippen MR) is 98.0 cm³/mol. The third kappa shape index (κ3) is 3.59. The van der Waals surface area contributed by atoms with Crippen LogP contribution in [-0.2, 0) is 13.0 Å². The van der Waals surface area contributed by atoms with Gasteiger partial charge in [-0.15, -0.1) is 0 Å². The normalized spacial score (nSPS) is 20.2. The van der Waals surface area contributed by atoms with E-state index in [9.17, 15) is 9.18 Å². The van der Waals surface area contributed by atoms with E-state index >= 15 is 0 Å². The van der Waals surface area contributed by atoms with Gasteiger partial charge in [-0.3, -0.25) is 9.69 Å². The minimum atomic E-state index is -0.165. The maximum absolute atomic E-state index is 13.5. The molecule has 0 saturated carbocycles. The molecule has 4 heteroatoms. The lowest BCUT2D eigenvalue weighted by Gasteiger charge is -2.40. The van der Waals surface area contributed by atoms with Gasteiger partial charge in [-0.1, -0.05) is 18.2 Å². The molecule has 2 unspecified atom stereocenters. The van der Waals surface area contributed by atoms with Crippen LogP contribution in [0.1, 0.15) is 46.9 Å². The van der Waals surface area contributed by atoms with Crippen LogP contribution in [0.25, 0.3) is 0 Å². The van der Waals surface area contributed by atoms with Crippen LogP contribution in [0.2, 0.25) is 0 Å². The van der Waals surface area contributed by atoms with Crippen LogP contribution >= 0.6 is 0 Å². The van der Waals surface area contributed by atoms with Gasteiger partial charge in [0.05, 0.1) is 0 Å². The summed E-state index contributed by atoms with van der Waals surface area (Å²) in [6.07, 6.45) is 0.841. The zero-order valence-corrected chi connectivity index (χ0v) is 15.3. The lowest BCUT2D eigenvalue weighted by Crippen LogP contribution is -2.40. The van der Waals surface area contributed by atoms with Crippen LogP contribution in [0.15, 0.2) is 42.5 Å². The molecule has 25 heavy (non-hydrogen) atoms. The number of amides is 1. The van der Waals surface area contributed by atoms with Crippen LogP contribution in [0, 0.1) is 5.82 Å². The fourth-order valence-electron chi connectivity index (χ4n) is 3.72. The summed E-state index contributed by atoms with van der Waals surface area (Å²) in [5, 5.41) is 0. The molecule has 0 radical (unpaired) electrons. The van der Waals surface area contributed by atoms with E-state index in [0.29, 0.717) is 11.6 Å². The first-order valence-electron chi connectivity index (χ1n) is 8.71. The average molecular weight is 340 g/mol. The number of hydrogen-bond donors (Lipinski definition) is 0. The first-order chi connectivity index (χ1) is 11.9. The van der Waals surface area contributed by atoms with Gasteiger partial charge in [-0.25, -0.2) is 4.39 Å². The van der Waals surface area contributed by atoms with Crippen molar-refractivity contribution in [1.82, 2.24) is 9.80 Å². The maximum atomic E-state index is 13.5. The molecule has 1 aliphatic heterocycles. The second kappa shape index (κ2) is 6.96. The van der Waals surface area contributed by atoms with Crippen molar-refractivity contribution in [2.24, 2.45) is 0 Å². The minimum absolute atomic E-state index is 0.0161. The second-order valence-electron chi connectivity index (χ2n) is 7.14. The maximum Gasteiger partial charge on any atom is 0.253 e. The summed E-state index contributed by atoms with van der Waals surface area (Å²) in [6.45, 7) is 5.12. The molecule has 0 aliphatic carbocycles. The third-order valence-electron chi connectivity index (χ3n) is 5.08. The number of carbonyl (C=O) groups excluding carboxylic acids is 1. The van der Waals surface area contributed by atoms with E-state index in [1.54, 1.807) is 31.1 Å². The molecular formula is C21H25FN2O. The Bertz CT molecular complexity index is 787. The van der Waals surface area contributed by atoms with E-state index in [1.165, 1.54) is 5.56 Å². The van der Waals surface area contributed by atoms with Crippen molar-refractivity contribution in [3.05, 3.63) is 70.5 Å². The highest BCUT2D eigenvalue weighted by Crippen LogP contribution is 2.34. The molecule has 0 aromatic heterocycles. The van der Waals surface area contributed by atoms with Crippen LogP contribution in [0.5, 0.6) is 0 Å². The molecule has 3 nitrogen and oxygen atoms in total. The van der Waals surface area contributed by atoms with E-state index in [-0.39, 0.29) is 17.8 Å². The second-order valence-corrected chi connectivity index (χ2v) is 7.14. The molecule has 2 atom stereocenters. The summed E-state index contributed by atoms with van der Waals surface area (Å²) < 4.78 is 13.5. The van der Waals surface area contributed by atoms with Crippen LogP contribution in [-0.4, -0.2) is 35.8 Å². The van der Waals surface area contributed by atoms with Crippen molar-refractivity contribution in [2.45, 2.75) is 38.9 Å². The molecule has 1 aliphatic rings. The number of hydrogen-bond acceptors (Lipinski definition) is 2. The number of fused-ring (bicyclic) bond motifs is 1. The summed E-state index contributed by atoms with van der Waals surface area (Å²) in [6, 6.07) is 13.5. The SMILES string of the molecule is CC1Cc2cc(F)ccc2C(C)N1Cc1cccc(C(=O)N(C)C)c1. The van der Waals surface area contributed by atoms with Crippen molar-refractivity contribution < 1.29 is 9.18 Å². The van der Waals surface area contributed by atoms with E-state index in [2.05, 4.69) is 24.8 Å². The van der Waals surface area contributed by atoms with Gasteiger partial charge in [-0.05, 0) is 61.2 Å². The quantitative estimate of drug-likeness (QED) is 0.842. The monoisotopic (exact) mass is 340 g/mol. The smallest absolute Gasteiger partial charge is 0.253 e. The molecule has 1 heterocycles. The Kier molecular flexibility index (Phi) is 4.91. The Labute approximate surface area is 149 Å². The van der Waals surface area contributed by atoms with Crippen LogP contribution < -0.4 is 0 Å². The van der Waals surface area contributed by atoms with Gasteiger partial charge in [-0.2, -0.15) is 0 Å². The zero-order valence-electron chi connectivity index (χ0n) is 15.3. The summed E-state index contributed by atoms with van der Waals surface area (Å²) in [5.74, 6) is -0.149. The largest absolute Gasteiger partial charge is 0.345 e. The topological polar surface area (TPSA) is 23.6 Å². The molecule has 132 valence electrons. The molecule has 2 aromatic carbocycles. The third-order valence-corrected chi connectivity index (χ3v) is 5.08. The molecule has 0 bridgehead atoms. The molecule has 3 rings (SSSR count). The summed E-state index contributed by atoms with van der Waals surface area (Å²) in [7, 11) is 3.53. The Morgan fingerprint density at radius 3 is 2.68 bits per heavy atom. The van der Waals surface area contributed by atoms with Crippen LogP contribution in [0.4, 0.5) is 4.39 Å². The molecule has 0 saturated heterocycles. The van der Waals surface area contributed by atoms with Crippen molar-refractivity contribution >= 4 is 5.91 Å². The summed E-state index contributed by atoms with van der Waals surface area (Å²) in [5.41, 5.74) is 4.13. The van der Waals surface area contributed by atoms with Gasteiger partial charge in [0.15, 0.2) is 0 Å². The first-order valence-corrected chi connectivity index (χ1v) is 8.71. The number of nitrogens with zero attached hydrogens (tertiary/aromatic N) is 2. The van der Waals surface area contributed by atoms with Crippen molar-refractivity contribution in [3.63, 3.8) is 0 Å². The minimum Gasteiger partial charge on any atom is -0.345 e. The summed E-state index contributed by atoms with van der Waals surface area (Å²) >= 11 is 0. The van der Waals surface area contributed by atoms with Crippen LogP contribution in [0.3, 0.4) is 0 Å². The van der Waals surface area contributed by atoms with Gasteiger partial charge in [0, 0.05) is 38.3 Å². The molecule has 0 fully saturated rings. The molecule has 0 N–H and O–H groups in total.